The van der Waals surface area contributed by atoms with Gasteiger partial charge in [-0.25, -0.2) is 0 Å². The van der Waals surface area contributed by atoms with Gasteiger partial charge >= 0.3 is 12.1 Å². The summed E-state index contributed by atoms with van der Waals surface area (Å²) < 4.78 is 42.0. The van der Waals surface area contributed by atoms with Crippen LogP contribution in [-0.4, -0.2) is 25.1 Å². The fourth-order valence-electron chi connectivity index (χ4n) is 2.10. The van der Waals surface area contributed by atoms with E-state index >= 15 is 0 Å². The first-order chi connectivity index (χ1) is 11.8. The molecule has 0 saturated heterocycles. The minimum atomic E-state index is -4.98. The Morgan fingerprint density at radius 2 is 1.64 bits per heavy atom. The quantitative estimate of drug-likeness (QED) is 0.867. The zero-order valence-corrected chi connectivity index (χ0v) is 13.2. The van der Waals surface area contributed by atoms with Crippen LogP contribution in [0.3, 0.4) is 0 Å². The van der Waals surface area contributed by atoms with E-state index in [9.17, 15) is 22.8 Å². The van der Waals surface area contributed by atoms with Crippen LogP contribution in [0.25, 0.3) is 0 Å². The average molecular weight is 352 g/mol. The SMILES string of the molecule is COc1ccccc1CC(=O)Nc1cccc(NC(=O)C(F)(F)F)c1. The lowest BCUT2D eigenvalue weighted by molar-refractivity contribution is -0.167. The molecule has 8 heteroatoms. The number of hydrogen-bond acceptors (Lipinski definition) is 3. The summed E-state index contributed by atoms with van der Waals surface area (Å²) in [6.07, 6.45) is -4.95. The number of alkyl halides is 3. The molecule has 2 rings (SSSR count). The third-order valence-electron chi connectivity index (χ3n) is 3.21. The van der Waals surface area contributed by atoms with Crippen LogP contribution in [0.15, 0.2) is 48.5 Å². The van der Waals surface area contributed by atoms with E-state index < -0.39 is 12.1 Å². The molecular formula is C17H15F3N2O3. The summed E-state index contributed by atoms with van der Waals surface area (Å²) in [6, 6.07) is 12.4. The van der Waals surface area contributed by atoms with Gasteiger partial charge in [-0.2, -0.15) is 13.2 Å². The first-order valence-corrected chi connectivity index (χ1v) is 7.19. The van der Waals surface area contributed by atoms with Crippen molar-refractivity contribution in [1.29, 1.82) is 0 Å². The van der Waals surface area contributed by atoms with Gasteiger partial charge in [-0.15, -0.1) is 0 Å². The van der Waals surface area contributed by atoms with E-state index in [0.717, 1.165) is 0 Å². The first-order valence-electron chi connectivity index (χ1n) is 7.19. The maximum absolute atomic E-state index is 12.3. The molecule has 25 heavy (non-hydrogen) atoms. The van der Waals surface area contributed by atoms with Crippen molar-refractivity contribution in [3.05, 3.63) is 54.1 Å². The van der Waals surface area contributed by atoms with Crippen LogP contribution in [0.4, 0.5) is 24.5 Å². The molecule has 0 aliphatic heterocycles. The van der Waals surface area contributed by atoms with E-state index in [1.54, 1.807) is 29.6 Å². The van der Waals surface area contributed by atoms with Crippen molar-refractivity contribution in [3.63, 3.8) is 0 Å². The van der Waals surface area contributed by atoms with Gasteiger partial charge in [0.1, 0.15) is 5.75 Å². The number of amides is 2. The molecule has 0 heterocycles. The van der Waals surface area contributed by atoms with Crippen molar-refractivity contribution in [2.24, 2.45) is 0 Å². The van der Waals surface area contributed by atoms with Gasteiger partial charge in [0.05, 0.1) is 13.5 Å². The number of rotatable bonds is 5. The summed E-state index contributed by atoms with van der Waals surface area (Å²) in [4.78, 5) is 23.1. The molecule has 0 saturated carbocycles. The van der Waals surface area contributed by atoms with Gasteiger partial charge in [0.15, 0.2) is 0 Å². The van der Waals surface area contributed by atoms with Crippen molar-refractivity contribution in [3.8, 4) is 5.75 Å². The van der Waals surface area contributed by atoms with Crippen LogP contribution in [0.1, 0.15) is 5.56 Å². The molecule has 0 radical (unpaired) electrons. The molecule has 5 nitrogen and oxygen atoms in total. The number of nitrogens with one attached hydrogen (secondary N) is 2. The molecule has 0 aliphatic carbocycles. The third kappa shape index (κ3) is 5.23. The Labute approximate surface area is 141 Å². The van der Waals surface area contributed by atoms with Crippen molar-refractivity contribution in [2.75, 3.05) is 17.7 Å². The average Bonchev–Trinajstić information content (AvgIpc) is 2.54. The molecule has 2 aromatic carbocycles. The summed E-state index contributed by atoms with van der Waals surface area (Å²) in [5.41, 5.74) is 0.862. The van der Waals surface area contributed by atoms with Gasteiger partial charge in [0.25, 0.3) is 0 Å². The number of para-hydroxylation sites is 1. The highest BCUT2D eigenvalue weighted by Crippen LogP contribution is 2.21. The van der Waals surface area contributed by atoms with Gasteiger partial charge < -0.3 is 15.4 Å². The Balaban J connectivity index is 2.04. The topological polar surface area (TPSA) is 67.4 Å². The number of anilines is 2. The number of benzene rings is 2. The van der Waals surface area contributed by atoms with Gasteiger partial charge in [-0.1, -0.05) is 24.3 Å². The lowest BCUT2D eigenvalue weighted by Gasteiger charge is -2.11. The number of carbonyl (C=O) groups is 2. The van der Waals surface area contributed by atoms with Crippen LogP contribution in [0.2, 0.25) is 0 Å². The van der Waals surface area contributed by atoms with Crippen molar-refractivity contribution >= 4 is 23.2 Å². The Bertz CT molecular complexity index is 776. The Kier molecular flexibility index (Phi) is 5.63. The molecule has 2 amide bonds. The number of ether oxygens (including phenoxy) is 1. The predicted molar refractivity (Wildman–Crippen MR) is 86.5 cm³/mol. The smallest absolute Gasteiger partial charge is 0.471 e. The maximum Gasteiger partial charge on any atom is 0.471 e. The Hall–Kier alpha value is -3.03. The van der Waals surface area contributed by atoms with E-state index in [1.165, 1.54) is 31.4 Å². The largest absolute Gasteiger partial charge is 0.496 e. The van der Waals surface area contributed by atoms with Gasteiger partial charge in [-0.05, 0) is 24.3 Å². The molecule has 0 spiro atoms. The zero-order valence-electron chi connectivity index (χ0n) is 13.2. The molecule has 0 fully saturated rings. The summed E-state index contributed by atoms with van der Waals surface area (Å²) >= 11 is 0. The third-order valence-corrected chi connectivity index (χ3v) is 3.21. The van der Waals surface area contributed by atoms with Crippen molar-refractivity contribution in [1.82, 2.24) is 0 Å². The summed E-state index contributed by atoms with van der Waals surface area (Å²) in [5.74, 6) is -1.89. The van der Waals surface area contributed by atoms with E-state index in [0.29, 0.717) is 11.3 Å². The highest BCUT2D eigenvalue weighted by molar-refractivity contribution is 5.97. The molecule has 2 N–H and O–H groups in total. The first kappa shape index (κ1) is 18.3. The monoisotopic (exact) mass is 352 g/mol. The number of hydrogen-bond donors (Lipinski definition) is 2. The zero-order chi connectivity index (χ0) is 18.4. The molecule has 0 aliphatic rings. The molecular weight excluding hydrogens is 337 g/mol. The summed E-state index contributed by atoms with van der Waals surface area (Å²) in [5, 5.41) is 4.30. The van der Waals surface area contributed by atoms with Crippen LogP contribution in [0, 0.1) is 0 Å². The molecule has 132 valence electrons. The summed E-state index contributed by atoms with van der Waals surface area (Å²) in [6.45, 7) is 0. The Morgan fingerprint density at radius 1 is 1.00 bits per heavy atom. The minimum Gasteiger partial charge on any atom is -0.496 e. The van der Waals surface area contributed by atoms with E-state index in [-0.39, 0.29) is 23.7 Å². The number of halogens is 3. The fourth-order valence-corrected chi connectivity index (χ4v) is 2.10. The normalized spacial score (nSPS) is 10.9. The van der Waals surface area contributed by atoms with Crippen molar-refractivity contribution < 1.29 is 27.5 Å². The predicted octanol–water partition coefficient (Wildman–Crippen LogP) is 3.38. The standard InChI is InChI=1S/C17H15F3N2O3/c1-25-14-8-3-2-5-11(14)9-15(23)21-12-6-4-7-13(10-12)22-16(24)17(18,19)20/h2-8,10H,9H2,1H3,(H,21,23)(H,22,24). The van der Waals surface area contributed by atoms with Crippen LogP contribution >= 0.6 is 0 Å². The van der Waals surface area contributed by atoms with E-state index in [2.05, 4.69) is 5.32 Å². The maximum atomic E-state index is 12.3. The van der Waals surface area contributed by atoms with Gasteiger partial charge in [0, 0.05) is 16.9 Å². The van der Waals surface area contributed by atoms with Crippen LogP contribution < -0.4 is 15.4 Å². The number of methoxy groups -OCH3 is 1. The molecule has 0 bridgehead atoms. The molecule has 0 unspecified atom stereocenters. The highest BCUT2D eigenvalue weighted by Gasteiger charge is 2.38. The van der Waals surface area contributed by atoms with Crippen LogP contribution in [-0.2, 0) is 16.0 Å². The highest BCUT2D eigenvalue weighted by atomic mass is 19.4. The van der Waals surface area contributed by atoms with E-state index in [1.807, 2.05) is 0 Å². The van der Waals surface area contributed by atoms with E-state index in [4.69, 9.17) is 4.74 Å². The lowest BCUT2D eigenvalue weighted by atomic mass is 10.1. The van der Waals surface area contributed by atoms with Crippen molar-refractivity contribution in [2.45, 2.75) is 12.6 Å². The van der Waals surface area contributed by atoms with Gasteiger partial charge in [0.2, 0.25) is 5.91 Å². The second-order valence-electron chi connectivity index (χ2n) is 5.07. The summed E-state index contributed by atoms with van der Waals surface area (Å²) in [7, 11) is 1.49. The lowest BCUT2D eigenvalue weighted by Crippen LogP contribution is -2.29. The minimum absolute atomic E-state index is 0.0309. The Morgan fingerprint density at radius 3 is 2.28 bits per heavy atom. The molecule has 2 aromatic rings. The molecule has 0 atom stereocenters. The second-order valence-corrected chi connectivity index (χ2v) is 5.07. The number of carbonyl (C=O) groups excluding carboxylic acids is 2. The fraction of sp³-hybridized carbons (Fsp3) is 0.176. The molecule has 0 aromatic heterocycles. The second kappa shape index (κ2) is 7.69. The van der Waals surface area contributed by atoms with Crippen LogP contribution in [0.5, 0.6) is 5.75 Å². The van der Waals surface area contributed by atoms with Gasteiger partial charge in [-0.3, -0.25) is 9.59 Å².